The van der Waals surface area contributed by atoms with Crippen LogP contribution < -0.4 is 24.4 Å². The summed E-state index contributed by atoms with van der Waals surface area (Å²) in [6.45, 7) is 6.29. The summed E-state index contributed by atoms with van der Waals surface area (Å²) in [4.78, 5) is 30.0. The van der Waals surface area contributed by atoms with Gasteiger partial charge < -0.3 is 34.1 Å². The first-order chi connectivity index (χ1) is 24.9. The van der Waals surface area contributed by atoms with Crippen LogP contribution in [0.25, 0.3) is 10.9 Å². The Labute approximate surface area is 299 Å². The number of carboxylic acid groups (broad SMARTS) is 1. The zero-order valence-electron chi connectivity index (χ0n) is 29.3. The van der Waals surface area contributed by atoms with Gasteiger partial charge in [0.25, 0.3) is 0 Å². The van der Waals surface area contributed by atoms with Gasteiger partial charge >= 0.3 is 5.97 Å². The monoisotopic (exact) mass is 690 g/mol. The lowest BCUT2D eigenvalue weighted by Crippen LogP contribution is -2.46. The van der Waals surface area contributed by atoms with Gasteiger partial charge in [-0.05, 0) is 66.9 Å². The van der Waals surface area contributed by atoms with Crippen LogP contribution in [0.15, 0.2) is 97.2 Å². The summed E-state index contributed by atoms with van der Waals surface area (Å²) >= 11 is 0. The van der Waals surface area contributed by atoms with Gasteiger partial charge in [-0.3, -0.25) is 14.5 Å². The number of ketones is 1. The van der Waals surface area contributed by atoms with Crippen molar-refractivity contribution in [2.24, 2.45) is 0 Å². The minimum atomic E-state index is -0.831. The van der Waals surface area contributed by atoms with Crippen LogP contribution in [-0.4, -0.2) is 79.9 Å². The molecule has 2 N–H and O–H groups in total. The van der Waals surface area contributed by atoms with Gasteiger partial charge in [0, 0.05) is 80.5 Å². The van der Waals surface area contributed by atoms with Crippen molar-refractivity contribution in [2.45, 2.75) is 32.4 Å². The Kier molecular flexibility index (Phi) is 11.8. The predicted molar refractivity (Wildman–Crippen MR) is 201 cm³/mol. The van der Waals surface area contributed by atoms with E-state index in [-0.39, 0.29) is 12.2 Å². The van der Waals surface area contributed by atoms with Gasteiger partial charge in [0.15, 0.2) is 5.78 Å². The molecule has 0 bridgehead atoms. The molecule has 1 fully saturated rings. The molecule has 5 aromatic rings. The lowest BCUT2D eigenvalue weighted by Gasteiger charge is -2.36. The van der Waals surface area contributed by atoms with Crippen molar-refractivity contribution in [1.82, 2.24) is 9.47 Å². The molecule has 2 heterocycles. The summed E-state index contributed by atoms with van der Waals surface area (Å²) < 4.78 is 19.3. The summed E-state index contributed by atoms with van der Waals surface area (Å²) in [6, 6.07) is 29.4. The van der Waals surface area contributed by atoms with Gasteiger partial charge in [-0.15, -0.1) is 0 Å². The van der Waals surface area contributed by atoms with Gasteiger partial charge in [-0.2, -0.15) is 0 Å². The highest BCUT2D eigenvalue weighted by atomic mass is 16.5. The number of benzene rings is 4. The molecule has 10 heteroatoms. The first-order valence-corrected chi connectivity index (χ1v) is 17.5. The van der Waals surface area contributed by atoms with E-state index in [0.717, 1.165) is 78.5 Å². The number of para-hydroxylation sites is 3. The van der Waals surface area contributed by atoms with Crippen LogP contribution in [0.1, 0.15) is 40.7 Å². The molecule has 4 aromatic carbocycles. The minimum Gasteiger partial charge on any atom is -0.497 e. The molecular weight excluding hydrogens is 644 g/mol. The molecule has 0 aliphatic carbocycles. The second kappa shape index (κ2) is 17.0. The SMILES string of the molecule is COc1ccc(CNc2ccc(C(=O)c3cn(CCCC(=O)O)c4ccccc34)cc2OCCCN2CCN(c3ccccc3OC)CC2)cc1. The molecule has 0 amide bonds. The van der Waals surface area contributed by atoms with Crippen LogP contribution >= 0.6 is 0 Å². The first kappa shape index (κ1) is 35.3. The Morgan fingerprint density at radius 3 is 2.33 bits per heavy atom. The number of ether oxygens (including phenoxy) is 3. The van der Waals surface area contributed by atoms with E-state index in [4.69, 9.17) is 19.3 Å². The Morgan fingerprint density at radius 1 is 0.804 bits per heavy atom. The number of aliphatic carboxylic acids is 1. The summed E-state index contributed by atoms with van der Waals surface area (Å²) in [7, 11) is 3.37. The molecule has 1 aromatic heterocycles. The van der Waals surface area contributed by atoms with E-state index in [0.29, 0.717) is 43.0 Å². The lowest BCUT2D eigenvalue weighted by molar-refractivity contribution is -0.137. The van der Waals surface area contributed by atoms with Gasteiger partial charge in [-0.25, -0.2) is 0 Å². The van der Waals surface area contributed by atoms with Crippen LogP contribution in [-0.2, 0) is 17.9 Å². The third-order valence-corrected chi connectivity index (χ3v) is 9.38. The number of fused-ring (bicyclic) bond motifs is 1. The molecule has 1 aliphatic rings. The average Bonchev–Trinajstić information content (AvgIpc) is 3.54. The van der Waals surface area contributed by atoms with Gasteiger partial charge in [0.1, 0.15) is 17.2 Å². The van der Waals surface area contributed by atoms with Crippen LogP contribution in [0, 0.1) is 0 Å². The van der Waals surface area contributed by atoms with Crippen molar-refractivity contribution in [3.05, 3.63) is 114 Å². The number of nitrogens with zero attached hydrogens (tertiary/aromatic N) is 3. The number of aromatic nitrogens is 1. The van der Waals surface area contributed by atoms with Gasteiger partial charge in [0.05, 0.1) is 32.2 Å². The fraction of sp³-hybridized carbons (Fsp3) is 0.317. The van der Waals surface area contributed by atoms with Crippen molar-refractivity contribution in [2.75, 3.05) is 63.8 Å². The number of nitrogens with one attached hydrogen (secondary N) is 1. The van der Waals surface area contributed by atoms with Crippen molar-refractivity contribution < 1.29 is 28.9 Å². The van der Waals surface area contributed by atoms with E-state index < -0.39 is 5.97 Å². The van der Waals surface area contributed by atoms with E-state index in [2.05, 4.69) is 21.2 Å². The molecule has 10 nitrogen and oxygen atoms in total. The van der Waals surface area contributed by atoms with Crippen LogP contribution in [0.3, 0.4) is 0 Å². The smallest absolute Gasteiger partial charge is 0.303 e. The predicted octanol–water partition coefficient (Wildman–Crippen LogP) is 6.96. The normalized spacial score (nSPS) is 13.3. The summed E-state index contributed by atoms with van der Waals surface area (Å²) in [6.07, 6.45) is 3.24. The van der Waals surface area contributed by atoms with E-state index in [1.54, 1.807) is 14.2 Å². The molecular formula is C41H46N4O6. The second-order valence-electron chi connectivity index (χ2n) is 12.7. The third-order valence-electron chi connectivity index (χ3n) is 9.38. The number of methoxy groups -OCH3 is 2. The third kappa shape index (κ3) is 8.82. The number of carbonyl (C=O) groups is 2. The maximum absolute atomic E-state index is 14.1. The molecule has 0 radical (unpaired) electrons. The van der Waals surface area contributed by atoms with Gasteiger partial charge in [0.2, 0.25) is 0 Å². The number of anilines is 2. The van der Waals surface area contributed by atoms with Crippen LogP contribution in [0.2, 0.25) is 0 Å². The molecule has 6 rings (SSSR count). The first-order valence-electron chi connectivity index (χ1n) is 17.5. The van der Waals surface area contributed by atoms with E-state index >= 15 is 0 Å². The number of carbonyl (C=O) groups excluding carboxylic acids is 1. The van der Waals surface area contributed by atoms with Gasteiger partial charge in [-0.1, -0.05) is 42.5 Å². The minimum absolute atomic E-state index is 0.0700. The Morgan fingerprint density at radius 2 is 1.57 bits per heavy atom. The zero-order valence-corrected chi connectivity index (χ0v) is 29.3. The second-order valence-corrected chi connectivity index (χ2v) is 12.7. The molecule has 266 valence electrons. The van der Waals surface area contributed by atoms with Crippen molar-refractivity contribution in [3.63, 3.8) is 0 Å². The van der Waals surface area contributed by atoms with Crippen molar-refractivity contribution >= 4 is 34.0 Å². The maximum Gasteiger partial charge on any atom is 0.303 e. The average molecular weight is 691 g/mol. The molecule has 1 saturated heterocycles. The fourth-order valence-corrected chi connectivity index (χ4v) is 6.61. The number of piperazine rings is 1. The number of rotatable bonds is 17. The Bertz CT molecular complexity index is 1930. The fourth-order valence-electron chi connectivity index (χ4n) is 6.61. The number of aryl methyl sites for hydroxylation is 1. The summed E-state index contributed by atoms with van der Waals surface area (Å²) in [5.41, 5.74) is 5.05. The molecule has 0 saturated carbocycles. The lowest BCUT2D eigenvalue weighted by atomic mass is 10.0. The highest BCUT2D eigenvalue weighted by molar-refractivity contribution is 6.16. The molecule has 1 aliphatic heterocycles. The molecule has 0 atom stereocenters. The largest absolute Gasteiger partial charge is 0.497 e. The quantitative estimate of drug-likeness (QED) is 0.0792. The zero-order chi connectivity index (χ0) is 35.6. The number of carboxylic acids is 1. The molecule has 51 heavy (non-hydrogen) atoms. The number of hydrogen-bond acceptors (Lipinski definition) is 8. The topological polar surface area (TPSA) is 106 Å². The number of hydrogen-bond donors (Lipinski definition) is 2. The molecule has 0 unspecified atom stereocenters. The summed E-state index contributed by atoms with van der Waals surface area (Å²) in [5, 5.41) is 13.5. The van der Waals surface area contributed by atoms with Crippen LogP contribution in [0.5, 0.6) is 17.2 Å². The van der Waals surface area contributed by atoms with Crippen LogP contribution in [0.4, 0.5) is 11.4 Å². The van der Waals surface area contributed by atoms with Crippen molar-refractivity contribution in [1.29, 1.82) is 0 Å². The standard InChI is InChI=1S/C41H46N4O6/c1-49-32-17-14-30(15-18-32)28-42-35-19-16-31(41(48)34-29-45(21-7-13-40(46)47)36-10-4-3-9-33(34)36)27-39(35)51-26-8-20-43-22-24-44(25-23-43)37-11-5-6-12-38(37)50-2/h3-6,9-12,14-19,27,29,42H,7-8,13,20-26,28H2,1-2H3,(H,46,47). The van der Waals surface area contributed by atoms with E-state index in [1.807, 2.05) is 95.7 Å². The Hall–Kier alpha value is -5.48. The maximum atomic E-state index is 14.1. The van der Waals surface area contributed by atoms with Crippen molar-refractivity contribution in [3.8, 4) is 17.2 Å². The highest BCUT2D eigenvalue weighted by Crippen LogP contribution is 2.31. The van der Waals surface area contributed by atoms with E-state index in [1.165, 1.54) is 0 Å². The summed E-state index contributed by atoms with van der Waals surface area (Å²) in [5.74, 6) is 1.39. The Balaban J connectivity index is 1.14. The van der Waals surface area contributed by atoms with E-state index in [9.17, 15) is 9.59 Å². The highest BCUT2D eigenvalue weighted by Gasteiger charge is 2.21. The molecule has 0 spiro atoms.